The molecule has 7 heteroatoms. The molecule has 0 aliphatic rings. The number of nitrogens with one attached hydrogen (secondary N) is 1. The average Bonchev–Trinajstić information content (AvgIpc) is 3.35. The molecule has 1 atom stereocenters. The van der Waals surface area contributed by atoms with Crippen LogP contribution in [0, 0.1) is 20.8 Å². The molecule has 0 saturated heterocycles. The van der Waals surface area contributed by atoms with E-state index in [-0.39, 0.29) is 11.5 Å². The fourth-order valence-electron chi connectivity index (χ4n) is 4.78. The first-order valence-electron chi connectivity index (χ1n) is 11.3. The second-order valence-corrected chi connectivity index (χ2v) is 8.76. The molecular weight excluding hydrogens is 442 g/mol. The number of Topliss-reactive ketones (excluding diaryl/α,β-unsaturated/α-hetero) is 1. The van der Waals surface area contributed by atoms with Gasteiger partial charge in [0.05, 0.1) is 16.7 Å². The molecule has 35 heavy (non-hydrogen) atoms. The lowest BCUT2D eigenvalue weighted by atomic mass is 9.89. The Hall–Kier alpha value is -4.23. The lowest BCUT2D eigenvalue weighted by molar-refractivity contribution is 0.0746. The average molecular weight is 468 g/mol. The Morgan fingerprint density at radius 2 is 1.77 bits per heavy atom. The Morgan fingerprint density at radius 1 is 1.03 bits per heavy atom. The molecule has 176 valence electrons. The first kappa shape index (κ1) is 22.6. The van der Waals surface area contributed by atoms with Gasteiger partial charge >= 0.3 is 5.69 Å². The summed E-state index contributed by atoms with van der Waals surface area (Å²) in [5.41, 5.74) is 6.99. The van der Waals surface area contributed by atoms with Gasteiger partial charge in [-0.05, 0) is 55.2 Å². The number of benzene rings is 3. The van der Waals surface area contributed by atoms with Gasteiger partial charge in [0.15, 0.2) is 5.78 Å². The number of fused-ring (bicyclic) bond motifs is 1. The topological polar surface area (TPSA) is 101 Å². The van der Waals surface area contributed by atoms with Crippen LogP contribution in [0.5, 0.6) is 0 Å². The highest BCUT2D eigenvalue weighted by Crippen LogP contribution is 2.38. The Kier molecular flexibility index (Phi) is 5.49. The normalized spacial score (nSPS) is 12.3. The zero-order chi connectivity index (χ0) is 24.9. The quantitative estimate of drug-likeness (QED) is 0.353. The smallest absolute Gasteiger partial charge is 0.326 e. The number of aliphatic hydroxyl groups excluding tert-OH is 1. The number of hydrogen-bond donors (Lipinski definition) is 2. The summed E-state index contributed by atoms with van der Waals surface area (Å²) in [6, 6.07) is 18.2. The van der Waals surface area contributed by atoms with Crippen LogP contribution in [0.15, 0.2) is 70.0 Å². The Balaban J connectivity index is 1.72. The van der Waals surface area contributed by atoms with Crippen LogP contribution >= 0.6 is 0 Å². The number of carbonyl (C=O) groups excluding carboxylic acids is 1. The first-order chi connectivity index (χ1) is 16.8. The molecule has 2 N–H and O–H groups in total. The van der Waals surface area contributed by atoms with E-state index in [0.717, 1.165) is 39.0 Å². The van der Waals surface area contributed by atoms with Crippen LogP contribution in [0.4, 0.5) is 0 Å². The standard InChI is InChI=1S/C28H25N3O4/c1-15-20(11-8-12-21(15)27(33)26(32)18-9-6-5-7-10-18)22-13-19(24-16(2)30-35-17(24)3)14-23-25(22)31(4)28(34)29-23/h5-14,27,33H,1-4H3,(H,29,34). The van der Waals surface area contributed by atoms with E-state index in [0.29, 0.717) is 22.4 Å². The van der Waals surface area contributed by atoms with Gasteiger partial charge in [0.2, 0.25) is 0 Å². The number of carbonyl (C=O) groups is 1. The van der Waals surface area contributed by atoms with Crippen molar-refractivity contribution in [3.8, 4) is 22.3 Å². The predicted octanol–water partition coefficient (Wildman–Crippen LogP) is 5.03. The summed E-state index contributed by atoms with van der Waals surface area (Å²) in [5.74, 6) is 0.315. The van der Waals surface area contributed by atoms with E-state index in [1.807, 2.05) is 51.1 Å². The van der Waals surface area contributed by atoms with E-state index in [9.17, 15) is 14.7 Å². The zero-order valence-electron chi connectivity index (χ0n) is 19.9. The van der Waals surface area contributed by atoms with Gasteiger partial charge in [0, 0.05) is 23.7 Å². The maximum absolute atomic E-state index is 13.0. The van der Waals surface area contributed by atoms with Crippen LogP contribution in [0.25, 0.3) is 33.3 Å². The van der Waals surface area contributed by atoms with Crippen LogP contribution < -0.4 is 5.69 Å². The highest BCUT2D eigenvalue weighted by molar-refractivity contribution is 6.01. The van der Waals surface area contributed by atoms with Gasteiger partial charge in [-0.2, -0.15) is 0 Å². The zero-order valence-corrected chi connectivity index (χ0v) is 19.9. The molecule has 3 aromatic carbocycles. The highest BCUT2D eigenvalue weighted by atomic mass is 16.5. The SMILES string of the molecule is Cc1noc(C)c1-c1cc(-c2cccc(C(O)C(=O)c3ccccc3)c2C)c2c(c1)[nH]c(=O)n2C. The third-order valence-electron chi connectivity index (χ3n) is 6.58. The van der Waals surface area contributed by atoms with Crippen LogP contribution in [0.1, 0.15) is 39.0 Å². The predicted molar refractivity (Wildman–Crippen MR) is 134 cm³/mol. The lowest BCUT2D eigenvalue weighted by Crippen LogP contribution is -2.14. The van der Waals surface area contributed by atoms with Gasteiger partial charge in [-0.15, -0.1) is 0 Å². The van der Waals surface area contributed by atoms with Crippen LogP contribution in [-0.2, 0) is 7.05 Å². The number of rotatable bonds is 5. The number of nitrogens with zero attached hydrogens (tertiary/aromatic N) is 2. The second kappa shape index (κ2) is 8.52. The first-order valence-corrected chi connectivity index (χ1v) is 11.3. The highest BCUT2D eigenvalue weighted by Gasteiger charge is 2.24. The van der Waals surface area contributed by atoms with Crippen molar-refractivity contribution >= 4 is 16.8 Å². The molecule has 5 aromatic rings. The fraction of sp³-hybridized carbons (Fsp3) is 0.179. The largest absolute Gasteiger partial charge is 0.380 e. The van der Waals surface area contributed by atoms with Crippen molar-refractivity contribution in [3.05, 3.63) is 99.3 Å². The molecule has 0 bridgehead atoms. The van der Waals surface area contributed by atoms with Crippen LogP contribution in [0.2, 0.25) is 0 Å². The number of aromatic amines is 1. The van der Waals surface area contributed by atoms with E-state index >= 15 is 0 Å². The minimum atomic E-state index is -1.31. The van der Waals surface area contributed by atoms with Crippen molar-refractivity contribution < 1.29 is 14.4 Å². The summed E-state index contributed by atoms with van der Waals surface area (Å²) in [4.78, 5) is 28.5. The number of ketones is 1. The molecule has 5 rings (SSSR count). The van der Waals surface area contributed by atoms with Gasteiger partial charge in [-0.25, -0.2) is 4.79 Å². The number of aromatic nitrogens is 3. The molecule has 0 aliphatic carbocycles. The number of imidazole rings is 1. The molecule has 7 nitrogen and oxygen atoms in total. The van der Waals surface area contributed by atoms with E-state index in [1.54, 1.807) is 41.9 Å². The van der Waals surface area contributed by atoms with Crippen LogP contribution in [-0.4, -0.2) is 25.6 Å². The summed E-state index contributed by atoms with van der Waals surface area (Å²) >= 11 is 0. The molecule has 0 amide bonds. The summed E-state index contributed by atoms with van der Waals surface area (Å²) in [6.45, 7) is 5.61. The second-order valence-electron chi connectivity index (χ2n) is 8.76. The van der Waals surface area contributed by atoms with Crippen molar-refractivity contribution in [2.75, 3.05) is 0 Å². The van der Waals surface area contributed by atoms with E-state index in [2.05, 4.69) is 10.1 Å². The molecule has 2 heterocycles. The number of aliphatic hydroxyl groups is 1. The van der Waals surface area contributed by atoms with E-state index in [1.165, 1.54) is 0 Å². The Labute approximate surface area is 201 Å². The van der Waals surface area contributed by atoms with Crippen molar-refractivity contribution in [1.29, 1.82) is 0 Å². The van der Waals surface area contributed by atoms with Crippen molar-refractivity contribution in [3.63, 3.8) is 0 Å². The maximum atomic E-state index is 13.0. The van der Waals surface area contributed by atoms with Gasteiger partial charge in [-0.3, -0.25) is 9.36 Å². The molecule has 1 unspecified atom stereocenters. The molecule has 0 radical (unpaired) electrons. The van der Waals surface area contributed by atoms with E-state index in [4.69, 9.17) is 4.52 Å². The Morgan fingerprint density at radius 3 is 2.46 bits per heavy atom. The van der Waals surface area contributed by atoms with Gasteiger partial charge in [0.1, 0.15) is 11.9 Å². The monoisotopic (exact) mass is 467 g/mol. The van der Waals surface area contributed by atoms with Crippen molar-refractivity contribution in [2.24, 2.45) is 7.05 Å². The molecule has 0 fully saturated rings. The number of aryl methyl sites for hydroxylation is 3. The maximum Gasteiger partial charge on any atom is 0.326 e. The molecule has 0 spiro atoms. The third kappa shape index (κ3) is 3.70. The Bertz CT molecular complexity index is 1620. The fourth-order valence-corrected chi connectivity index (χ4v) is 4.78. The molecule has 0 aliphatic heterocycles. The van der Waals surface area contributed by atoms with Gasteiger partial charge < -0.3 is 14.6 Å². The number of hydrogen-bond acceptors (Lipinski definition) is 5. The van der Waals surface area contributed by atoms with Gasteiger partial charge in [0.25, 0.3) is 0 Å². The van der Waals surface area contributed by atoms with Crippen LogP contribution in [0.3, 0.4) is 0 Å². The summed E-state index contributed by atoms with van der Waals surface area (Å²) in [7, 11) is 1.72. The van der Waals surface area contributed by atoms with Gasteiger partial charge in [-0.1, -0.05) is 53.7 Å². The third-order valence-corrected chi connectivity index (χ3v) is 6.58. The lowest BCUT2D eigenvalue weighted by Gasteiger charge is -2.17. The number of H-pyrrole nitrogens is 1. The van der Waals surface area contributed by atoms with Crippen molar-refractivity contribution in [2.45, 2.75) is 26.9 Å². The molecular formula is C28H25N3O4. The molecule has 2 aromatic heterocycles. The molecule has 0 saturated carbocycles. The summed E-state index contributed by atoms with van der Waals surface area (Å²) < 4.78 is 6.95. The summed E-state index contributed by atoms with van der Waals surface area (Å²) in [5, 5.41) is 15.1. The van der Waals surface area contributed by atoms with E-state index < -0.39 is 6.10 Å². The minimum absolute atomic E-state index is 0.231. The van der Waals surface area contributed by atoms with Crippen molar-refractivity contribution in [1.82, 2.24) is 14.7 Å². The summed E-state index contributed by atoms with van der Waals surface area (Å²) in [6.07, 6.45) is -1.31. The minimum Gasteiger partial charge on any atom is -0.380 e.